The van der Waals surface area contributed by atoms with Crippen molar-refractivity contribution in [2.75, 3.05) is 5.32 Å². The zero-order chi connectivity index (χ0) is 29.2. The van der Waals surface area contributed by atoms with E-state index >= 15 is 4.39 Å². The Hall–Kier alpha value is -6.11. The van der Waals surface area contributed by atoms with Gasteiger partial charge in [0.1, 0.15) is 11.3 Å². The highest BCUT2D eigenvalue weighted by atomic mass is 19.1. The number of aromatic nitrogens is 5. The topological polar surface area (TPSA) is 133 Å². The van der Waals surface area contributed by atoms with Crippen molar-refractivity contribution in [3.63, 3.8) is 0 Å². The van der Waals surface area contributed by atoms with Crippen molar-refractivity contribution >= 4 is 17.3 Å². The molecule has 0 radical (unpaired) electrons. The van der Waals surface area contributed by atoms with Gasteiger partial charge in [0.05, 0.1) is 18.1 Å². The number of fused-ring (bicyclic) bond motifs is 1. The van der Waals surface area contributed by atoms with E-state index in [1.807, 2.05) is 18.3 Å². The molecule has 208 valence electrons. The van der Waals surface area contributed by atoms with Crippen LogP contribution in [0, 0.1) is 11.6 Å². The number of anilines is 1. The van der Waals surface area contributed by atoms with Gasteiger partial charge in [-0.1, -0.05) is 0 Å². The number of H-pyrrole nitrogens is 1. The first-order chi connectivity index (χ1) is 20.4. The standard InChI is InChI=1S/C29H18F2N6O5/c30-19-1-4-21(5-2-19)37-27(38)26(15-33-28(37)39)42-29(40)35-20-3-6-24(22(31)14-20)41-25-13-18(17-7-10-32-11-8-17)16-36-23(25)9-12-34-36/h1-16H,(H,33,39)(H,35,40). The van der Waals surface area contributed by atoms with Crippen molar-refractivity contribution in [3.05, 3.63) is 130 Å². The Labute approximate surface area is 234 Å². The molecular weight excluding hydrogens is 550 g/mol. The summed E-state index contributed by atoms with van der Waals surface area (Å²) in [5.41, 5.74) is 0.514. The fourth-order valence-corrected chi connectivity index (χ4v) is 4.16. The van der Waals surface area contributed by atoms with E-state index in [1.165, 1.54) is 24.3 Å². The van der Waals surface area contributed by atoms with Gasteiger partial charge in [0, 0.05) is 35.9 Å². The summed E-state index contributed by atoms with van der Waals surface area (Å²) >= 11 is 0. The number of carbonyl (C=O) groups excluding carboxylic acids is 1. The molecule has 0 aliphatic carbocycles. The van der Waals surface area contributed by atoms with E-state index in [1.54, 1.807) is 35.2 Å². The Morgan fingerprint density at radius 3 is 2.40 bits per heavy atom. The molecule has 0 unspecified atom stereocenters. The minimum absolute atomic E-state index is 0.00757. The molecule has 4 aromatic heterocycles. The zero-order valence-corrected chi connectivity index (χ0v) is 21.3. The van der Waals surface area contributed by atoms with Gasteiger partial charge < -0.3 is 14.5 Å². The summed E-state index contributed by atoms with van der Waals surface area (Å²) in [6.45, 7) is 0. The summed E-state index contributed by atoms with van der Waals surface area (Å²) in [6, 6.07) is 15.4. The van der Waals surface area contributed by atoms with Gasteiger partial charge in [0.25, 0.3) is 0 Å². The monoisotopic (exact) mass is 568 g/mol. The Morgan fingerprint density at radius 1 is 0.857 bits per heavy atom. The van der Waals surface area contributed by atoms with E-state index in [4.69, 9.17) is 9.47 Å². The van der Waals surface area contributed by atoms with Crippen molar-refractivity contribution in [2.24, 2.45) is 0 Å². The first-order valence-electron chi connectivity index (χ1n) is 12.3. The molecule has 0 fully saturated rings. The van der Waals surface area contributed by atoms with Crippen molar-refractivity contribution in [2.45, 2.75) is 0 Å². The van der Waals surface area contributed by atoms with E-state index in [0.717, 1.165) is 35.5 Å². The fourth-order valence-electron chi connectivity index (χ4n) is 4.16. The van der Waals surface area contributed by atoms with Crippen LogP contribution >= 0.6 is 0 Å². The summed E-state index contributed by atoms with van der Waals surface area (Å²) in [5, 5.41) is 6.58. The molecule has 0 saturated heterocycles. The molecule has 0 bridgehead atoms. The zero-order valence-electron chi connectivity index (χ0n) is 21.3. The highest BCUT2D eigenvalue weighted by Crippen LogP contribution is 2.33. The van der Waals surface area contributed by atoms with E-state index in [-0.39, 0.29) is 17.1 Å². The predicted octanol–water partition coefficient (Wildman–Crippen LogP) is 4.92. The minimum atomic E-state index is -1.12. The second-order valence-electron chi connectivity index (χ2n) is 8.83. The molecule has 0 aliphatic heterocycles. The van der Waals surface area contributed by atoms with E-state index < -0.39 is 34.7 Å². The highest BCUT2D eigenvalue weighted by molar-refractivity contribution is 5.86. The molecular formula is C29H18F2N6O5. The SMILES string of the molecule is O=C(Nc1ccc(Oc2cc(-c3ccncc3)cn3nccc23)c(F)c1)Oc1c[nH]c(=O)n(-c2ccc(F)cc2)c1=O. The third-order valence-corrected chi connectivity index (χ3v) is 6.11. The number of halogens is 2. The van der Waals surface area contributed by atoms with Crippen LogP contribution in [0.2, 0.25) is 0 Å². The normalized spacial score (nSPS) is 10.9. The third-order valence-electron chi connectivity index (χ3n) is 6.11. The van der Waals surface area contributed by atoms with Gasteiger partial charge in [-0.2, -0.15) is 5.10 Å². The van der Waals surface area contributed by atoms with Crippen LogP contribution in [0.1, 0.15) is 0 Å². The number of amides is 1. The Balaban J connectivity index is 1.20. The predicted molar refractivity (Wildman–Crippen MR) is 147 cm³/mol. The van der Waals surface area contributed by atoms with Crippen LogP contribution in [0.3, 0.4) is 0 Å². The van der Waals surface area contributed by atoms with Gasteiger partial charge in [-0.3, -0.25) is 15.1 Å². The average Bonchev–Trinajstić information content (AvgIpc) is 3.47. The first-order valence-corrected chi connectivity index (χ1v) is 12.3. The lowest BCUT2D eigenvalue weighted by Crippen LogP contribution is -2.35. The Morgan fingerprint density at radius 2 is 1.64 bits per heavy atom. The average molecular weight is 568 g/mol. The lowest BCUT2D eigenvalue weighted by atomic mass is 10.1. The van der Waals surface area contributed by atoms with Gasteiger partial charge in [-0.25, -0.2) is 27.5 Å². The van der Waals surface area contributed by atoms with E-state index in [0.29, 0.717) is 15.8 Å². The molecule has 0 spiro atoms. The van der Waals surface area contributed by atoms with Crippen LogP contribution < -0.4 is 26.0 Å². The second-order valence-corrected chi connectivity index (χ2v) is 8.83. The fraction of sp³-hybridized carbons (Fsp3) is 0. The number of ether oxygens (including phenoxy) is 2. The summed E-state index contributed by atoms with van der Waals surface area (Å²) in [4.78, 5) is 43.8. The third kappa shape index (κ3) is 5.21. The quantitative estimate of drug-likeness (QED) is 0.292. The summed E-state index contributed by atoms with van der Waals surface area (Å²) in [7, 11) is 0. The summed E-state index contributed by atoms with van der Waals surface area (Å²) in [6.07, 6.45) is 6.49. The Bertz CT molecular complexity index is 2060. The molecule has 42 heavy (non-hydrogen) atoms. The van der Waals surface area contributed by atoms with Gasteiger partial charge in [0.2, 0.25) is 5.75 Å². The van der Waals surface area contributed by atoms with Crippen LogP contribution in [-0.4, -0.2) is 30.2 Å². The second kappa shape index (κ2) is 10.8. The molecule has 6 aromatic rings. The largest absolute Gasteiger partial charge is 0.452 e. The van der Waals surface area contributed by atoms with Crippen LogP contribution in [0.4, 0.5) is 19.3 Å². The molecule has 11 nitrogen and oxygen atoms in total. The number of rotatable bonds is 6. The van der Waals surface area contributed by atoms with Gasteiger partial charge >= 0.3 is 17.3 Å². The number of benzene rings is 2. The minimum Gasteiger partial charge on any atom is -0.452 e. The van der Waals surface area contributed by atoms with Crippen LogP contribution in [0.25, 0.3) is 22.3 Å². The van der Waals surface area contributed by atoms with Crippen molar-refractivity contribution in [1.82, 2.24) is 24.1 Å². The van der Waals surface area contributed by atoms with Crippen LogP contribution in [0.5, 0.6) is 17.2 Å². The summed E-state index contributed by atoms with van der Waals surface area (Å²) < 4.78 is 41.6. The molecule has 6 rings (SSSR count). The number of nitrogens with zero attached hydrogens (tertiary/aromatic N) is 4. The van der Waals surface area contributed by atoms with Gasteiger partial charge in [-0.05, 0) is 66.2 Å². The van der Waals surface area contributed by atoms with Crippen LogP contribution in [0.15, 0.2) is 107 Å². The number of hydrogen-bond acceptors (Lipinski definition) is 7. The smallest absolute Gasteiger partial charge is 0.417 e. The molecule has 2 aromatic carbocycles. The number of nitrogens with one attached hydrogen (secondary N) is 2. The number of carbonyl (C=O) groups is 1. The molecule has 0 aliphatic rings. The number of aromatic amines is 1. The Kier molecular flexibility index (Phi) is 6.72. The molecule has 1 amide bonds. The molecule has 2 N–H and O–H groups in total. The van der Waals surface area contributed by atoms with Gasteiger partial charge in [-0.15, -0.1) is 0 Å². The van der Waals surface area contributed by atoms with Crippen molar-refractivity contribution in [3.8, 4) is 34.1 Å². The lowest BCUT2D eigenvalue weighted by molar-refractivity contribution is 0.214. The maximum Gasteiger partial charge on any atom is 0.417 e. The summed E-state index contributed by atoms with van der Waals surface area (Å²) in [5.74, 6) is -1.64. The number of hydrogen-bond donors (Lipinski definition) is 2. The lowest BCUT2D eigenvalue weighted by Gasteiger charge is -2.12. The van der Waals surface area contributed by atoms with E-state index in [9.17, 15) is 18.8 Å². The van der Waals surface area contributed by atoms with Crippen molar-refractivity contribution in [1.29, 1.82) is 0 Å². The molecule has 0 atom stereocenters. The number of pyridine rings is 2. The maximum atomic E-state index is 15.1. The molecule has 0 saturated carbocycles. The molecule has 13 heteroatoms. The van der Waals surface area contributed by atoms with E-state index in [2.05, 4.69) is 20.4 Å². The first kappa shape index (κ1) is 26.1. The maximum absolute atomic E-state index is 15.1. The molecule has 4 heterocycles. The van der Waals surface area contributed by atoms with Crippen LogP contribution in [-0.2, 0) is 0 Å². The van der Waals surface area contributed by atoms with Crippen molar-refractivity contribution < 1.29 is 23.0 Å². The van der Waals surface area contributed by atoms with Gasteiger partial charge in [0.15, 0.2) is 17.3 Å². The highest BCUT2D eigenvalue weighted by Gasteiger charge is 2.16.